The first-order chi connectivity index (χ1) is 11.8. The summed E-state index contributed by atoms with van der Waals surface area (Å²) in [7, 11) is 2.00. The van der Waals surface area contributed by atoms with Crippen molar-refractivity contribution in [1.29, 1.82) is 0 Å². The van der Waals surface area contributed by atoms with Crippen molar-refractivity contribution in [2.24, 2.45) is 5.41 Å². The van der Waals surface area contributed by atoms with Crippen LogP contribution in [0.2, 0.25) is 0 Å². The van der Waals surface area contributed by atoms with E-state index in [0.717, 1.165) is 25.1 Å². The third-order valence-electron chi connectivity index (χ3n) is 4.19. The molecule has 5 heteroatoms. The third-order valence-corrected chi connectivity index (χ3v) is 4.19. The van der Waals surface area contributed by atoms with E-state index in [4.69, 9.17) is 10.2 Å². The van der Waals surface area contributed by atoms with Crippen LogP contribution in [0.25, 0.3) is 10.9 Å². The summed E-state index contributed by atoms with van der Waals surface area (Å²) in [5, 5.41) is 24.1. The van der Waals surface area contributed by atoms with Gasteiger partial charge < -0.3 is 15.3 Å². The van der Waals surface area contributed by atoms with Gasteiger partial charge in [0, 0.05) is 47.5 Å². The molecule has 26 heavy (non-hydrogen) atoms. The van der Waals surface area contributed by atoms with E-state index in [-0.39, 0.29) is 32.9 Å². The van der Waals surface area contributed by atoms with Crippen LogP contribution in [0.3, 0.4) is 0 Å². The Morgan fingerprint density at radius 3 is 1.85 bits per heavy atom. The van der Waals surface area contributed by atoms with Gasteiger partial charge in [0.2, 0.25) is 0 Å². The first kappa shape index (κ1) is 26.8. The van der Waals surface area contributed by atoms with E-state index in [1.54, 1.807) is 12.3 Å². The minimum Gasteiger partial charge on any atom is -0.507 e. The average Bonchev–Trinajstić information content (AvgIpc) is 2.81. The molecule has 0 atom stereocenters. The number of hydrogen-bond donors (Lipinski definition) is 3. The van der Waals surface area contributed by atoms with Crippen LogP contribution in [0.1, 0.15) is 34.6 Å². The molecule has 1 heterocycles. The van der Waals surface area contributed by atoms with Crippen LogP contribution in [0.4, 0.5) is 0 Å². The van der Waals surface area contributed by atoms with Gasteiger partial charge in [0.05, 0.1) is 5.52 Å². The summed E-state index contributed by atoms with van der Waals surface area (Å²) >= 11 is 0. The molecule has 1 aromatic carbocycles. The first-order valence-corrected chi connectivity index (χ1v) is 8.05. The minimum atomic E-state index is 0. The fourth-order valence-electron chi connectivity index (χ4n) is 2.49. The second-order valence-electron chi connectivity index (χ2n) is 5.97. The molecular formula is C21H30NO3Ti-. The molecule has 0 radical (unpaired) electrons. The predicted molar refractivity (Wildman–Crippen MR) is 104 cm³/mol. The predicted octanol–water partition coefficient (Wildman–Crippen LogP) is 4.27. The molecule has 142 valence electrons. The van der Waals surface area contributed by atoms with Gasteiger partial charge in [-0.3, -0.25) is 11.1 Å². The van der Waals surface area contributed by atoms with Crippen molar-refractivity contribution in [3.63, 3.8) is 0 Å². The van der Waals surface area contributed by atoms with E-state index in [1.165, 1.54) is 16.7 Å². The molecule has 1 aliphatic rings. The van der Waals surface area contributed by atoms with Gasteiger partial charge in [0.15, 0.2) is 0 Å². The van der Waals surface area contributed by atoms with E-state index in [1.807, 2.05) is 24.3 Å². The third kappa shape index (κ3) is 7.04. The largest absolute Gasteiger partial charge is 0.507 e. The molecule has 0 aliphatic heterocycles. The molecule has 0 fully saturated rings. The Morgan fingerprint density at radius 1 is 0.923 bits per heavy atom. The molecule has 0 amide bonds. The van der Waals surface area contributed by atoms with E-state index in [2.05, 4.69) is 45.7 Å². The molecular weight excluding hydrogens is 362 g/mol. The molecule has 3 rings (SSSR count). The SMILES string of the molecule is CC1=[C-]C(C)(C)C(C)=C1C.CO.CO.Oc1ccnc2ccccc12.[Ti]. The number of allylic oxidation sites excluding steroid dienone is 4. The number of aliphatic hydroxyl groups excluding tert-OH is 2. The zero-order valence-corrected chi connectivity index (χ0v) is 18.3. The summed E-state index contributed by atoms with van der Waals surface area (Å²) in [5.74, 6) is 0.288. The van der Waals surface area contributed by atoms with E-state index in [0.29, 0.717) is 0 Å². The van der Waals surface area contributed by atoms with Crippen LogP contribution >= 0.6 is 0 Å². The molecule has 0 unspecified atom stereocenters. The van der Waals surface area contributed by atoms with Crippen molar-refractivity contribution in [3.8, 4) is 5.75 Å². The van der Waals surface area contributed by atoms with Crippen LogP contribution in [-0.4, -0.2) is 34.5 Å². The van der Waals surface area contributed by atoms with Crippen molar-refractivity contribution >= 4 is 10.9 Å². The van der Waals surface area contributed by atoms with Gasteiger partial charge in [-0.15, -0.1) is 6.92 Å². The Kier molecular flexibility index (Phi) is 13.2. The maximum atomic E-state index is 9.33. The average molecular weight is 392 g/mol. The van der Waals surface area contributed by atoms with Crippen LogP contribution in [0.5, 0.6) is 5.75 Å². The van der Waals surface area contributed by atoms with Gasteiger partial charge >= 0.3 is 0 Å². The Bertz CT molecular complexity index is 732. The number of aromatic hydroxyl groups is 1. The molecule has 0 spiro atoms. The zero-order chi connectivity index (χ0) is 19.6. The molecule has 3 N–H and O–H groups in total. The Morgan fingerprint density at radius 2 is 1.46 bits per heavy atom. The number of pyridine rings is 1. The quantitative estimate of drug-likeness (QED) is 0.463. The number of rotatable bonds is 0. The summed E-state index contributed by atoms with van der Waals surface area (Å²) in [6, 6.07) is 9.08. The number of hydrogen-bond acceptors (Lipinski definition) is 4. The van der Waals surface area contributed by atoms with Gasteiger partial charge in [-0.1, -0.05) is 45.2 Å². The Balaban J connectivity index is 0. The van der Waals surface area contributed by atoms with Crippen molar-refractivity contribution in [2.45, 2.75) is 34.6 Å². The fraction of sp³-hybridized carbons (Fsp3) is 0.381. The summed E-state index contributed by atoms with van der Waals surface area (Å²) < 4.78 is 0. The summed E-state index contributed by atoms with van der Waals surface area (Å²) in [5.41, 5.74) is 5.22. The summed E-state index contributed by atoms with van der Waals surface area (Å²) in [6.07, 6.45) is 5.03. The molecule has 0 saturated carbocycles. The van der Waals surface area contributed by atoms with Crippen LogP contribution in [-0.2, 0) is 21.7 Å². The zero-order valence-electron chi connectivity index (χ0n) is 16.8. The van der Waals surface area contributed by atoms with Gasteiger partial charge in [-0.25, -0.2) is 5.57 Å². The molecule has 2 aromatic rings. The number of fused-ring (bicyclic) bond motifs is 1. The number of benzene rings is 1. The van der Waals surface area contributed by atoms with Crippen molar-refractivity contribution in [2.75, 3.05) is 14.2 Å². The monoisotopic (exact) mass is 392 g/mol. The molecule has 1 aliphatic carbocycles. The van der Waals surface area contributed by atoms with E-state index < -0.39 is 0 Å². The summed E-state index contributed by atoms with van der Waals surface area (Å²) in [4.78, 5) is 4.08. The molecule has 1 aromatic heterocycles. The van der Waals surface area contributed by atoms with Crippen LogP contribution in [0.15, 0.2) is 53.2 Å². The van der Waals surface area contributed by atoms with Crippen molar-refractivity contribution in [1.82, 2.24) is 4.98 Å². The standard InChI is InChI=1S/C10H15.C9H7NO.2CH4O.Ti/c1-7-6-10(4,5)9(3)8(7)2;11-9-5-6-10-8-4-2-1-3-7(8)9;2*1-2;/h1-5H3;1-6H,(H,10,11);2*2H,1H3;/q-1;;;;. The maximum Gasteiger partial charge on any atom is 0.126 e. The second-order valence-corrected chi connectivity index (χ2v) is 5.97. The summed E-state index contributed by atoms with van der Waals surface area (Å²) in [6.45, 7) is 10.9. The Labute approximate surface area is 172 Å². The Hall–Kier alpha value is -1.46. The van der Waals surface area contributed by atoms with E-state index in [9.17, 15) is 5.11 Å². The first-order valence-electron chi connectivity index (χ1n) is 8.05. The van der Waals surface area contributed by atoms with Gasteiger partial charge in [0.1, 0.15) is 5.75 Å². The number of para-hydroxylation sites is 1. The number of nitrogens with zero attached hydrogens (tertiary/aromatic N) is 1. The van der Waals surface area contributed by atoms with Crippen LogP contribution < -0.4 is 0 Å². The molecule has 0 bridgehead atoms. The van der Waals surface area contributed by atoms with Crippen molar-refractivity contribution in [3.05, 3.63) is 59.3 Å². The smallest absolute Gasteiger partial charge is 0.126 e. The second kappa shape index (κ2) is 12.8. The topological polar surface area (TPSA) is 73.6 Å². The van der Waals surface area contributed by atoms with Crippen LogP contribution in [0, 0.1) is 11.5 Å². The molecule has 4 nitrogen and oxygen atoms in total. The number of aliphatic hydroxyl groups is 2. The van der Waals surface area contributed by atoms with Gasteiger partial charge in [0.25, 0.3) is 0 Å². The number of aromatic nitrogens is 1. The van der Waals surface area contributed by atoms with Crippen molar-refractivity contribution < 1.29 is 37.0 Å². The normalized spacial score (nSPS) is 13.8. The molecule has 0 saturated heterocycles. The minimum absolute atomic E-state index is 0. The maximum absolute atomic E-state index is 9.33. The fourth-order valence-corrected chi connectivity index (χ4v) is 2.49. The van der Waals surface area contributed by atoms with E-state index >= 15 is 0 Å². The van der Waals surface area contributed by atoms with Gasteiger partial charge in [-0.2, -0.15) is 11.1 Å². The van der Waals surface area contributed by atoms with Gasteiger partial charge in [-0.05, 0) is 18.2 Å².